The predicted molar refractivity (Wildman–Crippen MR) is 84.6 cm³/mol. The molecular weight excluding hydrogens is 438 g/mol. The van der Waals surface area contributed by atoms with Gasteiger partial charge in [0.2, 0.25) is 0 Å². The van der Waals surface area contributed by atoms with Crippen LogP contribution in [0.5, 0.6) is 0 Å². The largest absolute Gasteiger partial charge is 0.289 e. The summed E-state index contributed by atoms with van der Waals surface area (Å²) in [7, 11) is 0. The van der Waals surface area contributed by atoms with Crippen molar-refractivity contribution in [1.29, 1.82) is 0 Å². The molecule has 0 amide bonds. The van der Waals surface area contributed by atoms with Gasteiger partial charge in [-0.25, -0.2) is 0 Å². The van der Waals surface area contributed by atoms with Crippen molar-refractivity contribution in [3.63, 3.8) is 0 Å². The van der Waals surface area contributed by atoms with E-state index in [1.807, 2.05) is 24.3 Å². The van der Waals surface area contributed by atoms with Crippen LogP contribution in [0.25, 0.3) is 0 Å². The third-order valence-corrected chi connectivity index (χ3v) is 4.97. The number of hydrogen-bond donors (Lipinski definition) is 0. The number of benzene rings is 2. The standard InChI is InChI=1S/C14H8I2O/c15-11-5-2-4-9-10(11)7-8-3-1-6-12(16)13(8)14(9)17/h1-6H,7H2. The second-order valence-corrected chi connectivity index (χ2v) is 6.37. The molecule has 0 saturated heterocycles. The lowest BCUT2D eigenvalue weighted by atomic mass is 9.85. The topological polar surface area (TPSA) is 17.1 Å². The minimum absolute atomic E-state index is 0.171. The van der Waals surface area contributed by atoms with E-state index in [2.05, 4.69) is 57.3 Å². The maximum absolute atomic E-state index is 12.5. The van der Waals surface area contributed by atoms with E-state index in [4.69, 9.17) is 0 Å². The van der Waals surface area contributed by atoms with Crippen LogP contribution >= 0.6 is 45.2 Å². The van der Waals surface area contributed by atoms with Crippen LogP contribution < -0.4 is 0 Å². The SMILES string of the molecule is O=C1c2cccc(I)c2Cc2cccc(I)c21. The summed E-state index contributed by atoms with van der Waals surface area (Å²) in [4.78, 5) is 12.5. The first-order chi connectivity index (χ1) is 8.18. The lowest BCUT2D eigenvalue weighted by Crippen LogP contribution is -2.17. The smallest absolute Gasteiger partial charge is 0.194 e. The molecule has 2 aromatic rings. The van der Waals surface area contributed by atoms with Crippen LogP contribution in [0.4, 0.5) is 0 Å². The fraction of sp³-hybridized carbons (Fsp3) is 0.0714. The van der Waals surface area contributed by atoms with Crippen molar-refractivity contribution in [3.05, 3.63) is 65.8 Å². The number of rotatable bonds is 0. The molecule has 0 heterocycles. The highest BCUT2D eigenvalue weighted by Gasteiger charge is 2.25. The molecule has 1 aliphatic carbocycles. The monoisotopic (exact) mass is 446 g/mol. The summed E-state index contributed by atoms with van der Waals surface area (Å²) in [6.45, 7) is 0. The Morgan fingerprint density at radius 1 is 0.941 bits per heavy atom. The fourth-order valence-corrected chi connectivity index (χ4v) is 3.73. The zero-order chi connectivity index (χ0) is 12.0. The Balaban J connectivity index is 2.29. The van der Waals surface area contributed by atoms with Gasteiger partial charge in [-0.15, -0.1) is 0 Å². The van der Waals surface area contributed by atoms with Gasteiger partial charge in [0.05, 0.1) is 0 Å². The first-order valence-corrected chi connectivity index (χ1v) is 7.43. The normalized spacial score (nSPS) is 13.2. The van der Waals surface area contributed by atoms with Crippen LogP contribution in [0, 0.1) is 7.14 Å². The number of hydrogen-bond acceptors (Lipinski definition) is 1. The van der Waals surface area contributed by atoms with Crippen LogP contribution in [-0.4, -0.2) is 5.78 Å². The predicted octanol–water partition coefficient (Wildman–Crippen LogP) is 4.03. The van der Waals surface area contributed by atoms with Gasteiger partial charge in [-0.1, -0.05) is 24.3 Å². The molecule has 2 aromatic carbocycles. The van der Waals surface area contributed by atoms with E-state index in [1.165, 1.54) is 9.13 Å². The molecular formula is C14H8I2O. The molecule has 0 aliphatic heterocycles. The van der Waals surface area contributed by atoms with Gasteiger partial charge in [0.1, 0.15) is 0 Å². The maximum Gasteiger partial charge on any atom is 0.194 e. The van der Waals surface area contributed by atoms with Gasteiger partial charge < -0.3 is 0 Å². The Bertz CT molecular complexity index is 632. The van der Waals surface area contributed by atoms with E-state index in [0.717, 1.165) is 26.7 Å². The molecule has 1 nitrogen and oxygen atoms in total. The highest BCUT2D eigenvalue weighted by molar-refractivity contribution is 14.1. The highest BCUT2D eigenvalue weighted by Crippen LogP contribution is 2.32. The minimum Gasteiger partial charge on any atom is -0.289 e. The fourth-order valence-electron chi connectivity index (χ4n) is 2.25. The molecule has 0 N–H and O–H groups in total. The first-order valence-electron chi connectivity index (χ1n) is 5.28. The Morgan fingerprint density at radius 3 is 2.47 bits per heavy atom. The third kappa shape index (κ3) is 1.83. The van der Waals surface area contributed by atoms with E-state index in [-0.39, 0.29) is 5.78 Å². The molecule has 17 heavy (non-hydrogen) atoms. The molecule has 0 radical (unpaired) electrons. The van der Waals surface area contributed by atoms with Gasteiger partial charge in [0.25, 0.3) is 0 Å². The lowest BCUT2D eigenvalue weighted by Gasteiger charge is -2.20. The summed E-state index contributed by atoms with van der Waals surface area (Å²) in [5.41, 5.74) is 4.09. The van der Waals surface area contributed by atoms with E-state index < -0.39 is 0 Å². The Labute approximate surface area is 127 Å². The summed E-state index contributed by atoms with van der Waals surface area (Å²) in [6.07, 6.45) is 0.867. The van der Waals surface area contributed by atoms with Crippen molar-refractivity contribution < 1.29 is 4.79 Å². The zero-order valence-electron chi connectivity index (χ0n) is 8.84. The van der Waals surface area contributed by atoms with Crippen LogP contribution in [0.3, 0.4) is 0 Å². The molecule has 0 saturated carbocycles. The summed E-state index contributed by atoms with van der Waals surface area (Å²) < 4.78 is 2.23. The van der Waals surface area contributed by atoms with Gasteiger partial charge in [0.15, 0.2) is 5.78 Å². The molecule has 0 bridgehead atoms. The molecule has 3 heteroatoms. The van der Waals surface area contributed by atoms with Gasteiger partial charge >= 0.3 is 0 Å². The Hall–Kier alpha value is -0.430. The minimum atomic E-state index is 0.171. The van der Waals surface area contributed by atoms with Crippen molar-refractivity contribution in [1.82, 2.24) is 0 Å². The van der Waals surface area contributed by atoms with Gasteiger partial charge in [-0.2, -0.15) is 0 Å². The zero-order valence-corrected chi connectivity index (χ0v) is 13.2. The van der Waals surface area contributed by atoms with Crippen LogP contribution in [0.1, 0.15) is 27.0 Å². The molecule has 0 fully saturated rings. The van der Waals surface area contributed by atoms with E-state index >= 15 is 0 Å². The Morgan fingerprint density at radius 2 is 1.65 bits per heavy atom. The van der Waals surface area contributed by atoms with Crippen molar-refractivity contribution >= 4 is 51.0 Å². The number of carbonyl (C=O) groups excluding carboxylic acids is 1. The first kappa shape index (κ1) is 11.6. The Kier molecular flexibility index (Phi) is 2.98. The quantitative estimate of drug-likeness (QED) is 0.477. The number of carbonyl (C=O) groups is 1. The molecule has 84 valence electrons. The molecule has 0 atom stereocenters. The second kappa shape index (κ2) is 4.35. The molecule has 1 aliphatic rings. The number of ketones is 1. The second-order valence-electron chi connectivity index (χ2n) is 4.05. The van der Waals surface area contributed by atoms with Crippen LogP contribution in [-0.2, 0) is 6.42 Å². The molecule has 0 aromatic heterocycles. The van der Waals surface area contributed by atoms with Crippen LogP contribution in [0.15, 0.2) is 36.4 Å². The molecule has 0 unspecified atom stereocenters. The average Bonchev–Trinajstić information content (AvgIpc) is 2.31. The van der Waals surface area contributed by atoms with Gasteiger partial charge in [-0.05, 0) is 74.9 Å². The summed E-state index contributed by atoms with van der Waals surface area (Å²) >= 11 is 4.55. The highest BCUT2D eigenvalue weighted by atomic mass is 127. The number of halogens is 2. The van der Waals surface area contributed by atoms with Crippen molar-refractivity contribution in [2.24, 2.45) is 0 Å². The van der Waals surface area contributed by atoms with Crippen molar-refractivity contribution in [3.8, 4) is 0 Å². The summed E-state index contributed by atoms with van der Waals surface area (Å²) in [6, 6.07) is 12.0. The molecule has 0 spiro atoms. The number of fused-ring (bicyclic) bond motifs is 2. The van der Waals surface area contributed by atoms with Crippen molar-refractivity contribution in [2.45, 2.75) is 6.42 Å². The molecule has 3 rings (SSSR count). The van der Waals surface area contributed by atoms with E-state index in [9.17, 15) is 4.79 Å². The van der Waals surface area contributed by atoms with Gasteiger partial charge in [0, 0.05) is 18.3 Å². The van der Waals surface area contributed by atoms with Crippen LogP contribution in [0.2, 0.25) is 0 Å². The lowest BCUT2D eigenvalue weighted by molar-refractivity contribution is 0.103. The van der Waals surface area contributed by atoms with Crippen molar-refractivity contribution in [2.75, 3.05) is 0 Å². The van der Waals surface area contributed by atoms with E-state index in [0.29, 0.717) is 0 Å². The average molecular weight is 446 g/mol. The maximum atomic E-state index is 12.5. The van der Waals surface area contributed by atoms with E-state index in [1.54, 1.807) is 0 Å². The summed E-state index contributed by atoms with van der Waals surface area (Å²) in [5, 5.41) is 0. The summed E-state index contributed by atoms with van der Waals surface area (Å²) in [5.74, 6) is 0.171. The third-order valence-electron chi connectivity index (χ3n) is 3.06. The van der Waals surface area contributed by atoms with Gasteiger partial charge in [-0.3, -0.25) is 4.79 Å².